The first-order valence-corrected chi connectivity index (χ1v) is 6.50. The van der Waals surface area contributed by atoms with Crippen LogP contribution in [0.2, 0.25) is 0 Å². The largest absolute Gasteiger partial charge is 0.380 e. The van der Waals surface area contributed by atoms with Crippen molar-refractivity contribution in [3.63, 3.8) is 0 Å². The van der Waals surface area contributed by atoms with Crippen LogP contribution < -0.4 is 5.32 Å². The standard InChI is InChI=1S/C13H25N3O/c1-5-16-8-7-14-13(16)9-15-12(11(3)4)10-17-6-2/h7-8,11-12,15H,5-6,9-10H2,1-4H3. The van der Waals surface area contributed by atoms with Crippen LogP contribution in [0.4, 0.5) is 0 Å². The van der Waals surface area contributed by atoms with Gasteiger partial charge >= 0.3 is 0 Å². The van der Waals surface area contributed by atoms with E-state index in [2.05, 4.69) is 35.6 Å². The molecule has 98 valence electrons. The maximum atomic E-state index is 5.49. The zero-order chi connectivity index (χ0) is 12.7. The summed E-state index contributed by atoms with van der Waals surface area (Å²) < 4.78 is 7.65. The van der Waals surface area contributed by atoms with Gasteiger partial charge in [0.1, 0.15) is 5.82 Å². The molecule has 1 atom stereocenters. The van der Waals surface area contributed by atoms with Gasteiger partial charge in [0.2, 0.25) is 0 Å². The molecule has 1 rings (SSSR count). The van der Waals surface area contributed by atoms with Gasteiger partial charge in [0, 0.05) is 31.6 Å². The molecule has 0 aromatic carbocycles. The second-order valence-electron chi connectivity index (χ2n) is 4.52. The van der Waals surface area contributed by atoms with Crippen LogP contribution in [0.5, 0.6) is 0 Å². The van der Waals surface area contributed by atoms with E-state index >= 15 is 0 Å². The molecule has 0 saturated heterocycles. The molecule has 0 saturated carbocycles. The fourth-order valence-corrected chi connectivity index (χ4v) is 1.75. The fraction of sp³-hybridized carbons (Fsp3) is 0.769. The fourth-order valence-electron chi connectivity index (χ4n) is 1.75. The number of hydrogen-bond donors (Lipinski definition) is 1. The lowest BCUT2D eigenvalue weighted by Gasteiger charge is -2.22. The molecule has 0 aliphatic rings. The van der Waals surface area contributed by atoms with Crippen LogP contribution in [0.15, 0.2) is 12.4 Å². The van der Waals surface area contributed by atoms with E-state index in [0.717, 1.165) is 32.1 Å². The molecular weight excluding hydrogens is 214 g/mol. The first-order valence-electron chi connectivity index (χ1n) is 6.50. The molecule has 0 bridgehead atoms. The molecule has 4 heteroatoms. The van der Waals surface area contributed by atoms with Gasteiger partial charge in [-0.3, -0.25) is 0 Å². The maximum Gasteiger partial charge on any atom is 0.122 e. The van der Waals surface area contributed by atoms with E-state index in [-0.39, 0.29) is 0 Å². The van der Waals surface area contributed by atoms with Gasteiger partial charge < -0.3 is 14.6 Å². The lowest BCUT2D eigenvalue weighted by molar-refractivity contribution is 0.107. The van der Waals surface area contributed by atoms with E-state index < -0.39 is 0 Å². The van der Waals surface area contributed by atoms with Crippen molar-refractivity contribution in [1.29, 1.82) is 0 Å². The number of nitrogens with zero attached hydrogens (tertiary/aromatic N) is 2. The van der Waals surface area contributed by atoms with E-state index in [9.17, 15) is 0 Å². The zero-order valence-corrected chi connectivity index (χ0v) is 11.4. The third-order valence-corrected chi connectivity index (χ3v) is 2.97. The smallest absolute Gasteiger partial charge is 0.122 e. The molecule has 0 aliphatic heterocycles. The van der Waals surface area contributed by atoms with Crippen LogP contribution in [0.3, 0.4) is 0 Å². The monoisotopic (exact) mass is 239 g/mol. The maximum absolute atomic E-state index is 5.49. The van der Waals surface area contributed by atoms with Crippen molar-refractivity contribution >= 4 is 0 Å². The zero-order valence-electron chi connectivity index (χ0n) is 11.4. The van der Waals surface area contributed by atoms with Gasteiger partial charge in [-0.1, -0.05) is 13.8 Å². The Hall–Kier alpha value is -0.870. The van der Waals surface area contributed by atoms with Crippen molar-refractivity contribution in [2.24, 2.45) is 5.92 Å². The SMILES string of the molecule is CCOCC(NCc1nccn1CC)C(C)C. The van der Waals surface area contributed by atoms with Crippen LogP contribution in [-0.2, 0) is 17.8 Å². The van der Waals surface area contributed by atoms with Gasteiger partial charge in [-0.15, -0.1) is 0 Å². The first kappa shape index (κ1) is 14.2. The number of aryl methyl sites for hydroxylation is 1. The van der Waals surface area contributed by atoms with Crippen LogP contribution in [0.1, 0.15) is 33.5 Å². The summed E-state index contributed by atoms with van der Waals surface area (Å²) in [6, 6.07) is 0.386. The Bertz CT molecular complexity index is 309. The third kappa shape index (κ3) is 4.48. The Morgan fingerprint density at radius 1 is 1.41 bits per heavy atom. The second kappa shape index (κ2) is 7.45. The van der Waals surface area contributed by atoms with Crippen molar-refractivity contribution in [3.05, 3.63) is 18.2 Å². The molecule has 0 fully saturated rings. The molecule has 1 aromatic heterocycles. The predicted molar refractivity (Wildman–Crippen MR) is 69.9 cm³/mol. The summed E-state index contributed by atoms with van der Waals surface area (Å²) in [6.07, 6.45) is 3.87. The van der Waals surface area contributed by atoms with Crippen molar-refractivity contribution in [2.75, 3.05) is 13.2 Å². The highest BCUT2D eigenvalue weighted by molar-refractivity contribution is 4.92. The normalized spacial score (nSPS) is 13.2. The van der Waals surface area contributed by atoms with Crippen molar-refractivity contribution in [2.45, 2.75) is 46.8 Å². The lowest BCUT2D eigenvalue weighted by atomic mass is 10.1. The van der Waals surface area contributed by atoms with E-state index in [4.69, 9.17) is 4.74 Å². The molecule has 0 amide bonds. The Morgan fingerprint density at radius 3 is 2.76 bits per heavy atom. The van der Waals surface area contributed by atoms with E-state index in [1.165, 1.54) is 0 Å². The predicted octanol–water partition coefficient (Wildman–Crippen LogP) is 2.05. The highest BCUT2D eigenvalue weighted by Crippen LogP contribution is 2.04. The van der Waals surface area contributed by atoms with Crippen LogP contribution in [-0.4, -0.2) is 28.8 Å². The molecule has 1 unspecified atom stereocenters. The van der Waals surface area contributed by atoms with Gasteiger partial charge in [-0.25, -0.2) is 4.98 Å². The number of aromatic nitrogens is 2. The molecular formula is C13H25N3O. The van der Waals surface area contributed by atoms with Crippen molar-refractivity contribution in [3.8, 4) is 0 Å². The summed E-state index contributed by atoms with van der Waals surface area (Å²) in [5.74, 6) is 1.65. The molecule has 0 radical (unpaired) electrons. The minimum Gasteiger partial charge on any atom is -0.380 e. The number of hydrogen-bond acceptors (Lipinski definition) is 3. The quantitative estimate of drug-likeness (QED) is 0.754. The van der Waals surface area contributed by atoms with Gasteiger partial charge in [-0.2, -0.15) is 0 Å². The summed E-state index contributed by atoms with van der Waals surface area (Å²) in [6.45, 7) is 11.9. The molecule has 0 aliphatic carbocycles. The summed E-state index contributed by atoms with van der Waals surface area (Å²) in [5, 5.41) is 3.52. The highest BCUT2D eigenvalue weighted by Gasteiger charge is 2.13. The topological polar surface area (TPSA) is 39.1 Å². The highest BCUT2D eigenvalue weighted by atomic mass is 16.5. The van der Waals surface area contributed by atoms with E-state index in [1.807, 2.05) is 19.3 Å². The van der Waals surface area contributed by atoms with Gasteiger partial charge in [0.05, 0.1) is 13.2 Å². The van der Waals surface area contributed by atoms with Crippen molar-refractivity contribution in [1.82, 2.24) is 14.9 Å². The summed E-state index contributed by atoms with van der Waals surface area (Å²) >= 11 is 0. The van der Waals surface area contributed by atoms with Gasteiger partial charge in [-0.05, 0) is 19.8 Å². The molecule has 1 heterocycles. The lowest BCUT2D eigenvalue weighted by Crippen LogP contribution is -2.38. The number of imidazole rings is 1. The number of ether oxygens (including phenoxy) is 1. The van der Waals surface area contributed by atoms with Crippen LogP contribution in [0, 0.1) is 5.92 Å². The third-order valence-electron chi connectivity index (χ3n) is 2.97. The Labute approximate surface area is 104 Å². The molecule has 4 nitrogen and oxygen atoms in total. The minimum absolute atomic E-state index is 0.386. The van der Waals surface area contributed by atoms with E-state index in [1.54, 1.807) is 0 Å². The summed E-state index contributed by atoms with van der Waals surface area (Å²) in [4.78, 5) is 4.36. The average molecular weight is 239 g/mol. The Balaban J connectivity index is 2.45. The average Bonchev–Trinajstić information content (AvgIpc) is 2.76. The van der Waals surface area contributed by atoms with Crippen LogP contribution >= 0.6 is 0 Å². The summed E-state index contributed by atoms with van der Waals surface area (Å²) in [5.41, 5.74) is 0. The number of nitrogens with one attached hydrogen (secondary N) is 1. The second-order valence-corrected chi connectivity index (χ2v) is 4.52. The Morgan fingerprint density at radius 2 is 2.18 bits per heavy atom. The van der Waals surface area contributed by atoms with Crippen molar-refractivity contribution < 1.29 is 4.74 Å². The number of rotatable bonds is 8. The Kier molecular flexibility index (Phi) is 6.22. The van der Waals surface area contributed by atoms with Gasteiger partial charge in [0.25, 0.3) is 0 Å². The molecule has 1 N–H and O–H groups in total. The van der Waals surface area contributed by atoms with Gasteiger partial charge in [0.15, 0.2) is 0 Å². The summed E-state index contributed by atoms with van der Waals surface area (Å²) in [7, 11) is 0. The molecule has 17 heavy (non-hydrogen) atoms. The first-order chi connectivity index (χ1) is 8.19. The van der Waals surface area contributed by atoms with E-state index in [0.29, 0.717) is 12.0 Å². The minimum atomic E-state index is 0.386. The molecule has 1 aromatic rings. The molecule has 0 spiro atoms. The van der Waals surface area contributed by atoms with Crippen LogP contribution in [0.25, 0.3) is 0 Å².